The van der Waals surface area contributed by atoms with E-state index in [1.165, 1.54) is 13.3 Å². The Balaban J connectivity index is 1.22. The van der Waals surface area contributed by atoms with Crippen molar-refractivity contribution in [3.05, 3.63) is 83.0 Å². The molecule has 1 amide bonds. The zero-order valence-electron chi connectivity index (χ0n) is 23.3. The van der Waals surface area contributed by atoms with Gasteiger partial charge in [0.1, 0.15) is 5.75 Å². The summed E-state index contributed by atoms with van der Waals surface area (Å²) < 4.78 is 11.2. The van der Waals surface area contributed by atoms with E-state index in [1.807, 2.05) is 31.2 Å². The number of anilines is 1. The molecule has 1 aromatic heterocycles. The van der Waals surface area contributed by atoms with E-state index in [9.17, 15) is 19.5 Å². The van der Waals surface area contributed by atoms with Crippen molar-refractivity contribution in [2.75, 3.05) is 19.1 Å². The van der Waals surface area contributed by atoms with Crippen LogP contribution in [0.4, 0.5) is 5.82 Å². The number of nitrogens with one attached hydrogen (secondary N) is 1. The Labute approximate surface area is 245 Å². The summed E-state index contributed by atoms with van der Waals surface area (Å²) in [6, 6.07) is 15.2. The Morgan fingerprint density at radius 2 is 1.71 bits per heavy atom. The molecule has 5 rings (SSSR count). The van der Waals surface area contributed by atoms with Crippen molar-refractivity contribution in [1.82, 2.24) is 10.3 Å². The maximum absolute atomic E-state index is 13.2. The van der Waals surface area contributed by atoms with Gasteiger partial charge < -0.3 is 9.84 Å². The monoisotopic (exact) mass is 619 g/mol. The molecule has 0 spiro atoms. The van der Waals surface area contributed by atoms with E-state index in [-0.39, 0.29) is 4.57 Å². The fourth-order valence-electron chi connectivity index (χ4n) is 5.99. The van der Waals surface area contributed by atoms with Crippen LogP contribution in [0.15, 0.2) is 60.8 Å². The van der Waals surface area contributed by atoms with Crippen molar-refractivity contribution in [1.29, 1.82) is 0 Å². The zero-order valence-corrected chi connectivity index (χ0v) is 25.4. The van der Waals surface area contributed by atoms with Crippen molar-refractivity contribution in [2.24, 2.45) is 0 Å². The summed E-state index contributed by atoms with van der Waals surface area (Å²) in [6.07, 6.45) is 5.57. The van der Waals surface area contributed by atoms with Crippen molar-refractivity contribution in [3.63, 3.8) is 0 Å². The molecule has 2 N–H and O–H groups in total. The average molecular weight is 620 g/mol. The standard InChI is InChI=1S/C31H34AsN3O6/c1-18-25(5-4-6-26(18)41-3)29(36)32-21-15-22-10-11-23(16-21)35(22)27-14-9-20(17-33-27)30(37)34-28(31(38)39)19-7-12-24(40-2)13-8-19/h4-9,12-14,17,21-23,28,32H,10-11,15-16H2,1-3H3,(H,34,37)(H,38,39)/t21-,22+,23-,28-/m0/s1. The number of carboxylic acids is 1. The second-order valence-corrected chi connectivity index (χ2v) is 13.8. The number of hydrogen-bond donors (Lipinski definition) is 2. The summed E-state index contributed by atoms with van der Waals surface area (Å²) in [6.45, 7) is 1.95. The minimum Gasteiger partial charge on any atom is -0.479 e. The van der Waals surface area contributed by atoms with Gasteiger partial charge in [-0.1, -0.05) is 12.1 Å². The van der Waals surface area contributed by atoms with Gasteiger partial charge in [-0.2, -0.15) is 0 Å². The summed E-state index contributed by atoms with van der Waals surface area (Å²) >= 11 is -0.840. The molecule has 3 heterocycles. The quantitative estimate of drug-likeness (QED) is 0.325. The first-order chi connectivity index (χ1) is 19.8. The number of aliphatic carboxylic acids is 1. The molecule has 0 saturated carbocycles. The van der Waals surface area contributed by atoms with Gasteiger partial charge in [-0.05, 0) is 12.1 Å². The van der Waals surface area contributed by atoms with Gasteiger partial charge in [-0.3, -0.25) is 0 Å². The van der Waals surface area contributed by atoms with E-state index in [0.717, 1.165) is 48.4 Å². The first-order valence-electron chi connectivity index (χ1n) is 13.7. The van der Waals surface area contributed by atoms with Gasteiger partial charge in [0.15, 0.2) is 0 Å². The Morgan fingerprint density at radius 1 is 1.00 bits per heavy atom. The summed E-state index contributed by atoms with van der Waals surface area (Å²) in [5, 5.41) is 12.3. The number of nitrogens with zero attached hydrogens (tertiary/aromatic N) is 2. The van der Waals surface area contributed by atoms with E-state index in [1.54, 1.807) is 37.4 Å². The molecule has 3 aromatic rings. The molecule has 0 aliphatic carbocycles. The Kier molecular flexibility index (Phi) is 8.64. The molecular weight excluding hydrogens is 585 g/mol. The molecule has 214 valence electrons. The van der Waals surface area contributed by atoms with E-state index >= 15 is 0 Å². The number of benzene rings is 2. The molecule has 2 saturated heterocycles. The normalized spacial score (nSPS) is 20.6. The number of piperidine rings is 1. The number of ether oxygens (including phenoxy) is 2. The van der Waals surface area contributed by atoms with Crippen LogP contribution in [0.5, 0.6) is 11.5 Å². The molecule has 1 unspecified atom stereocenters. The van der Waals surface area contributed by atoms with Gasteiger partial charge in [-0.25, -0.2) is 4.79 Å². The summed E-state index contributed by atoms with van der Waals surface area (Å²) in [5.41, 5.74) is 2.43. The number of fused-ring (bicyclic) bond motifs is 2. The molecule has 2 aromatic carbocycles. The fourth-order valence-corrected chi connectivity index (χ4v) is 9.29. The molecule has 10 heteroatoms. The number of hydrogen-bond acceptors (Lipinski definition) is 7. The van der Waals surface area contributed by atoms with Crippen molar-refractivity contribution < 1.29 is 29.0 Å². The van der Waals surface area contributed by atoms with Crippen LogP contribution >= 0.6 is 0 Å². The fraction of sp³-hybridized carbons (Fsp3) is 0.355. The van der Waals surface area contributed by atoms with Gasteiger partial charge in [0.25, 0.3) is 0 Å². The number of aromatic nitrogens is 1. The van der Waals surface area contributed by atoms with Crippen LogP contribution in [0, 0.1) is 6.92 Å². The Bertz CT molecular complexity index is 1410. The summed E-state index contributed by atoms with van der Waals surface area (Å²) in [4.78, 5) is 45.0. The van der Waals surface area contributed by atoms with Crippen molar-refractivity contribution >= 4 is 38.0 Å². The predicted molar refractivity (Wildman–Crippen MR) is 157 cm³/mol. The molecule has 0 radical (unpaired) electrons. The SMILES string of the molecule is COc1ccc([C@H](NC(=O)c2ccc(N3[C@@H]4CC[C@H]3C[C@@H]([AsH]C(=O)c3cccc(OC)c3C)C4)nc2)C(=O)O)cc1. The average Bonchev–Trinajstić information content (AvgIpc) is 3.25. The third kappa shape index (κ3) is 6.10. The van der Waals surface area contributed by atoms with Crippen LogP contribution in [0.1, 0.15) is 63.6 Å². The molecule has 5 atom stereocenters. The van der Waals surface area contributed by atoms with Gasteiger partial charge in [0, 0.05) is 0 Å². The van der Waals surface area contributed by atoms with E-state index < -0.39 is 33.7 Å². The van der Waals surface area contributed by atoms with E-state index in [4.69, 9.17) is 9.47 Å². The number of carboxylic acid groups (broad SMARTS) is 1. The molecule has 2 bridgehead atoms. The van der Waals surface area contributed by atoms with Gasteiger partial charge in [0.2, 0.25) is 0 Å². The van der Waals surface area contributed by atoms with Crippen molar-refractivity contribution in [2.45, 2.75) is 55.4 Å². The first-order valence-corrected chi connectivity index (χ1v) is 15.9. The zero-order chi connectivity index (χ0) is 29.1. The van der Waals surface area contributed by atoms with Crippen LogP contribution in [0.3, 0.4) is 0 Å². The first kappa shape index (κ1) is 28.7. The van der Waals surface area contributed by atoms with Crippen LogP contribution in [-0.4, -0.2) is 68.6 Å². The van der Waals surface area contributed by atoms with Crippen molar-refractivity contribution in [3.8, 4) is 11.5 Å². The molecular formula is C31H34AsN3O6. The number of pyridine rings is 1. The number of carbonyl (C=O) groups is 3. The van der Waals surface area contributed by atoms with Crippen LogP contribution in [0.2, 0.25) is 4.71 Å². The third-order valence-corrected chi connectivity index (χ3v) is 11.0. The number of rotatable bonds is 10. The van der Waals surface area contributed by atoms with Crippen LogP contribution in [0.25, 0.3) is 0 Å². The Hall–Kier alpha value is -3.84. The molecule has 2 aliphatic rings. The summed E-state index contributed by atoms with van der Waals surface area (Å²) in [7, 11) is 3.16. The molecule has 9 nitrogen and oxygen atoms in total. The second-order valence-electron chi connectivity index (χ2n) is 10.5. The molecule has 41 heavy (non-hydrogen) atoms. The number of methoxy groups -OCH3 is 2. The maximum atomic E-state index is 13.2. The molecule has 2 fully saturated rings. The van der Waals surface area contributed by atoms with E-state index in [0.29, 0.717) is 33.7 Å². The Morgan fingerprint density at radius 3 is 2.29 bits per heavy atom. The van der Waals surface area contributed by atoms with Gasteiger partial charge >= 0.3 is 195 Å². The number of carbonyl (C=O) groups excluding carboxylic acids is 2. The topological polar surface area (TPSA) is 118 Å². The minimum atomic E-state index is -1.20. The second kappa shape index (κ2) is 12.4. The third-order valence-electron chi connectivity index (χ3n) is 8.06. The summed E-state index contributed by atoms with van der Waals surface area (Å²) in [5.74, 6) is 0.497. The number of amides is 1. The van der Waals surface area contributed by atoms with Crippen LogP contribution < -0.4 is 19.7 Å². The van der Waals surface area contributed by atoms with Gasteiger partial charge in [-0.15, -0.1) is 0 Å². The van der Waals surface area contributed by atoms with Gasteiger partial charge in [0.05, 0.1) is 7.11 Å². The van der Waals surface area contributed by atoms with E-state index in [2.05, 4.69) is 15.2 Å². The van der Waals surface area contributed by atoms with Crippen LogP contribution in [-0.2, 0) is 4.79 Å². The smallest absolute Gasteiger partial charge is 0.479 e. The molecule has 2 aliphatic heterocycles. The predicted octanol–water partition coefficient (Wildman–Crippen LogP) is 4.16. The minimum absolute atomic E-state index is 0.280.